The molecule has 2 N–H and O–H groups in total. The van der Waals surface area contributed by atoms with Crippen LogP contribution in [0.3, 0.4) is 0 Å². The van der Waals surface area contributed by atoms with Crippen LogP contribution in [0.15, 0.2) is 28.7 Å². The van der Waals surface area contributed by atoms with E-state index in [-0.39, 0.29) is 11.9 Å². The maximum Gasteiger partial charge on any atom is 0.169 e. The highest BCUT2D eigenvalue weighted by atomic mass is 19.1. The molecule has 0 fully saturated rings. The molecule has 0 amide bonds. The molecule has 1 aromatic heterocycles. The SMILES string of the molecule is CC(N)CCc1cc2cccc(F)c2o1. The molecule has 1 unspecified atom stereocenters. The Morgan fingerprint density at radius 2 is 2.27 bits per heavy atom. The highest BCUT2D eigenvalue weighted by Crippen LogP contribution is 2.22. The maximum absolute atomic E-state index is 13.3. The summed E-state index contributed by atoms with van der Waals surface area (Å²) < 4.78 is 18.7. The molecule has 1 aromatic carbocycles. The van der Waals surface area contributed by atoms with Gasteiger partial charge in [-0.15, -0.1) is 0 Å². The fourth-order valence-corrected chi connectivity index (χ4v) is 1.57. The number of hydrogen-bond acceptors (Lipinski definition) is 2. The van der Waals surface area contributed by atoms with Gasteiger partial charge >= 0.3 is 0 Å². The van der Waals surface area contributed by atoms with Crippen molar-refractivity contribution >= 4 is 11.0 Å². The van der Waals surface area contributed by atoms with E-state index in [2.05, 4.69) is 0 Å². The van der Waals surface area contributed by atoms with Crippen LogP contribution in [0.2, 0.25) is 0 Å². The van der Waals surface area contributed by atoms with Crippen LogP contribution in [0.1, 0.15) is 19.1 Å². The Bertz CT molecular complexity index is 462. The summed E-state index contributed by atoms with van der Waals surface area (Å²) >= 11 is 0. The van der Waals surface area contributed by atoms with E-state index in [0.717, 1.165) is 24.0 Å². The van der Waals surface area contributed by atoms with Crippen molar-refractivity contribution in [2.24, 2.45) is 5.73 Å². The molecule has 3 heteroatoms. The number of rotatable bonds is 3. The lowest BCUT2D eigenvalue weighted by atomic mass is 10.1. The standard InChI is InChI=1S/C12H14FNO/c1-8(14)5-6-10-7-9-3-2-4-11(13)12(9)15-10/h2-4,7-8H,5-6,14H2,1H3. The molecule has 0 saturated carbocycles. The molecule has 0 saturated heterocycles. The fraction of sp³-hybridized carbons (Fsp3) is 0.333. The van der Waals surface area contributed by atoms with Crippen LogP contribution in [0.5, 0.6) is 0 Å². The number of halogens is 1. The second kappa shape index (κ2) is 4.03. The zero-order valence-corrected chi connectivity index (χ0v) is 8.66. The quantitative estimate of drug-likeness (QED) is 0.840. The summed E-state index contributed by atoms with van der Waals surface area (Å²) in [6, 6.07) is 6.95. The van der Waals surface area contributed by atoms with Crippen molar-refractivity contribution in [2.45, 2.75) is 25.8 Å². The summed E-state index contributed by atoms with van der Waals surface area (Å²) in [4.78, 5) is 0. The van der Waals surface area contributed by atoms with E-state index in [1.807, 2.05) is 19.1 Å². The van der Waals surface area contributed by atoms with Gasteiger partial charge in [0.05, 0.1) is 0 Å². The van der Waals surface area contributed by atoms with E-state index in [1.165, 1.54) is 6.07 Å². The number of furan rings is 1. The second-order valence-corrected chi connectivity index (χ2v) is 3.89. The first kappa shape index (κ1) is 10.2. The van der Waals surface area contributed by atoms with E-state index < -0.39 is 0 Å². The Labute approximate surface area is 87.9 Å². The topological polar surface area (TPSA) is 39.2 Å². The van der Waals surface area contributed by atoms with Gasteiger partial charge in [0.1, 0.15) is 5.76 Å². The molecule has 0 bridgehead atoms. The average molecular weight is 207 g/mol. The summed E-state index contributed by atoms with van der Waals surface area (Å²) in [6.45, 7) is 1.95. The number of aryl methyl sites for hydroxylation is 1. The molecule has 2 nitrogen and oxygen atoms in total. The summed E-state index contributed by atoms with van der Waals surface area (Å²) in [7, 11) is 0. The zero-order valence-electron chi connectivity index (χ0n) is 8.66. The third-order valence-corrected chi connectivity index (χ3v) is 2.39. The molecule has 1 atom stereocenters. The molecule has 0 aliphatic rings. The number of fused-ring (bicyclic) bond motifs is 1. The van der Waals surface area contributed by atoms with Gasteiger partial charge in [-0.1, -0.05) is 12.1 Å². The van der Waals surface area contributed by atoms with Crippen molar-refractivity contribution in [3.63, 3.8) is 0 Å². The van der Waals surface area contributed by atoms with Crippen LogP contribution in [-0.2, 0) is 6.42 Å². The molecule has 2 rings (SSSR count). The normalized spacial score (nSPS) is 13.3. The van der Waals surface area contributed by atoms with Gasteiger partial charge in [-0.25, -0.2) is 4.39 Å². The molecule has 0 radical (unpaired) electrons. The minimum absolute atomic E-state index is 0.142. The largest absolute Gasteiger partial charge is 0.458 e. The van der Waals surface area contributed by atoms with Gasteiger partial charge in [-0.05, 0) is 25.5 Å². The predicted octanol–water partition coefficient (Wildman–Crippen LogP) is 2.85. The van der Waals surface area contributed by atoms with Crippen LogP contribution in [-0.4, -0.2) is 6.04 Å². The summed E-state index contributed by atoms with van der Waals surface area (Å²) in [5, 5.41) is 0.815. The highest BCUT2D eigenvalue weighted by molar-refractivity contribution is 5.78. The summed E-state index contributed by atoms with van der Waals surface area (Å²) in [6.07, 6.45) is 1.60. The zero-order chi connectivity index (χ0) is 10.8. The van der Waals surface area contributed by atoms with Crippen LogP contribution in [0, 0.1) is 5.82 Å². The van der Waals surface area contributed by atoms with Crippen LogP contribution < -0.4 is 5.73 Å². The van der Waals surface area contributed by atoms with Gasteiger partial charge in [0.25, 0.3) is 0 Å². The van der Waals surface area contributed by atoms with E-state index in [4.69, 9.17) is 10.2 Å². The third kappa shape index (κ3) is 2.18. The van der Waals surface area contributed by atoms with Crippen molar-refractivity contribution in [3.05, 3.63) is 35.8 Å². The Kier molecular flexibility index (Phi) is 2.73. The molecule has 0 spiro atoms. The van der Waals surface area contributed by atoms with Crippen molar-refractivity contribution < 1.29 is 8.81 Å². The minimum Gasteiger partial charge on any atom is -0.458 e. The number of para-hydroxylation sites is 1. The highest BCUT2D eigenvalue weighted by Gasteiger charge is 2.08. The Morgan fingerprint density at radius 3 is 2.93 bits per heavy atom. The van der Waals surface area contributed by atoms with E-state index in [9.17, 15) is 4.39 Å². The predicted molar refractivity (Wildman–Crippen MR) is 58.1 cm³/mol. The van der Waals surface area contributed by atoms with Crippen molar-refractivity contribution in [1.82, 2.24) is 0 Å². The number of hydrogen-bond donors (Lipinski definition) is 1. The van der Waals surface area contributed by atoms with Crippen molar-refractivity contribution in [1.29, 1.82) is 0 Å². The molecule has 15 heavy (non-hydrogen) atoms. The molecule has 0 aliphatic heterocycles. The first-order chi connectivity index (χ1) is 7.16. The average Bonchev–Trinajstić information content (AvgIpc) is 2.59. The lowest BCUT2D eigenvalue weighted by Crippen LogP contribution is -2.15. The van der Waals surface area contributed by atoms with Crippen molar-refractivity contribution in [3.8, 4) is 0 Å². The summed E-state index contributed by atoms with van der Waals surface area (Å²) in [5.41, 5.74) is 5.99. The van der Waals surface area contributed by atoms with Gasteiger partial charge in [0.2, 0.25) is 0 Å². The van der Waals surface area contributed by atoms with Crippen molar-refractivity contribution in [2.75, 3.05) is 0 Å². The molecule has 0 aliphatic carbocycles. The molecule has 1 heterocycles. The van der Waals surface area contributed by atoms with Gasteiger partial charge in [0, 0.05) is 17.8 Å². The monoisotopic (exact) mass is 207 g/mol. The van der Waals surface area contributed by atoms with E-state index in [1.54, 1.807) is 6.07 Å². The Hall–Kier alpha value is -1.35. The molecular formula is C12H14FNO. The van der Waals surface area contributed by atoms with E-state index in [0.29, 0.717) is 5.58 Å². The lowest BCUT2D eigenvalue weighted by molar-refractivity contribution is 0.502. The first-order valence-corrected chi connectivity index (χ1v) is 5.09. The smallest absolute Gasteiger partial charge is 0.169 e. The molecular weight excluding hydrogens is 193 g/mol. The maximum atomic E-state index is 13.3. The minimum atomic E-state index is -0.306. The number of benzene rings is 1. The second-order valence-electron chi connectivity index (χ2n) is 3.89. The number of nitrogens with two attached hydrogens (primary N) is 1. The fourth-order valence-electron chi connectivity index (χ4n) is 1.57. The molecule has 80 valence electrons. The third-order valence-electron chi connectivity index (χ3n) is 2.39. The van der Waals surface area contributed by atoms with Gasteiger partial charge in [-0.2, -0.15) is 0 Å². The lowest BCUT2D eigenvalue weighted by Gasteiger charge is -2.00. The first-order valence-electron chi connectivity index (χ1n) is 5.09. The van der Waals surface area contributed by atoms with Gasteiger partial charge in [-0.3, -0.25) is 0 Å². The Morgan fingerprint density at radius 1 is 1.47 bits per heavy atom. The molecule has 2 aromatic rings. The van der Waals surface area contributed by atoms with E-state index >= 15 is 0 Å². The van der Waals surface area contributed by atoms with Crippen LogP contribution >= 0.6 is 0 Å². The van der Waals surface area contributed by atoms with Gasteiger partial charge in [0.15, 0.2) is 11.4 Å². The van der Waals surface area contributed by atoms with Crippen LogP contribution in [0.25, 0.3) is 11.0 Å². The van der Waals surface area contributed by atoms with Crippen LogP contribution in [0.4, 0.5) is 4.39 Å². The summed E-state index contributed by atoms with van der Waals surface area (Å²) in [5.74, 6) is 0.493. The van der Waals surface area contributed by atoms with Gasteiger partial charge < -0.3 is 10.2 Å². The Balaban J connectivity index is 2.27.